The van der Waals surface area contributed by atoms with E-state index in [2.05, 4.69) is 0 Å². The van der Waals surface area contributed by atoms with Gasteiger partial charge < -0.3 is 14.5 Å². The lowest BCUT2D eigenvalue weighted by Gasteiger charge is -2.35. The molecule has 3 rings (SSSR count). The van der Waals surface area contributed by atoms with Gasteiger partial charge >= 0.3 is 0 Å². The van der Waals surface area contributed by atoms with E-state index in [-0.39, 0.29) is 23.6 Å². The summed E-state index contributed by atoms with van der Waals surface area (Å²) in [5.41, 5.74) is 1.74. The van der Waals surface area contributed by atoms with Gasteiger partial charge in [-0.2, -0.15) is 0 Å². The summed E-state index contributed by atoms with van der Waals surface area (Å²) in [5, 5.41) is 11.3. The number of aryl methyl sites for hydroxylation is 1. The van der Waals surface area contributed by atoms with Crippen LogP contribution >= 0.6 is 0 Å². The maximum absolute atomic E-state index is 12.4. The molecule has 0 aromatic heterocycles. The second kappa shape index (κ2) is 9.18. The molecule has 0 bridgehead atoms. The van der Waals surface area contributed by atoms with Crippen LogP contribution in [-0.4, -0.2) is 54.8 Å². The second-order valence-electron chi connectivity index (χ2n) is 6.91. The number of rotatable bonds is 7. The summed E-state index contributed by atoms with van der Waals surface area (Å²) < 4.78 is 5.64. The van der Waals surface area contributed by atoms with Crippen molar-refractivity contribution >= 4 is 23.6 Å². The Morgan fingerprint density at radius 3 is 2.59 bits per heavy atom. The Morgan fingerprint density at radius 1 is 1.17 bits per heavy atom. The third-order valence-electron chi connectivity index (χ3n) is 4.88. The zero-order chi connectivity index (χ0) is 20.8. The summed E-state index contributed by atoms with van der Waals surface area (Å²) in [6.07, 6.45) is 0.869. The minimum absolute atomic E-state index is 0.00288. The summed E-state index contributed by atoms with van der Waals surface area (Å²) in [6.45, 7) is 4.23. The van der Waals surface area contributed by atoms with Crippen LogP contribution in [0.25, 0.3) is 0 Å². The monoisotopic (exact) mass is 397 g/mol. The molecule has 0 spiro atoms. The molecule has 1 aliphatic heterocycles. The molecule has 0 radical (unpaired) electrons. The molecule has 8 nitrogen and oxygen atoms in total. The van der Waals surface area contributed by atoms with Gasteiger partial charge in [-0.1, -0.05) is 12.1 Å². The minimum atomic E-state index is -0.484. The maximum Gasteiger partial charge on any atom is 0.293 e. The van der Waals surface area contributed by atoms with E-state index in [0.717, 1.165) is 11.3 Å². The van der Waals surface area contributed by atoms with Gasteiger partial charge in [-0.3, -0.25) is 19.7 Å². The van der Waals surface area contributed by atoms with E-state index in [1.165, 1.54) is 6.07 Å². The molecule has 2 aromatic carbocycles. The number of benzene rings is 2. The Balaban J connectivity index is 1.53. The average molecular weight is 397 g/mol. The summed E-state index contributed by atoms with van der Waals surface area (Å²) in [7, 11) is 0. The smallest absolute Gasteiger partial charge is 0.293 e. The molecule has 1 saturated heterocycles. The van der Waals surface area contributed by atoms with Crippen LogP contribution in [0.4, 0.5) is 11.4 Å². The zero-order valence-corrected chi connectivity index (χ0v) is 16.2. The van der Waals surface area contributed by atoms with Crippen molar-refractivity contribution in [2.75, 3.05) is 37.7 Å². The van der Waals surface area contributed by atoms with Crippen LogP contribution < -0.4 is 9.64 Å². The first kappa shape index (κ1) is 20.3. The normalized spacial score (nSPS) is 13.8. The van der Waals surface area contributed by atoms with Crippen molar-refractivity contribution in [3.63, 3.8) is 0 Å². The Labute approximate surface area is 168 Å². The largest absolute Gasteiger partial charge is 0.493 e. The highest BCUT2D eigenvalue weighted by Crippen LogP contribution is 2.29. The van der Waals surface area contributed by atoms with E-state index in [1.807, 2.05) is 36.1 Å². The molecule has 0 N–H and O–H groups in total. The SMILES string of the molecule is Cc1cccc(OCCC(=O)N2CCN(c3ccc(C=O)cc3[N+](=O)[O-])CC2)c1. The number of carbonyl (C=O) groups excluding carboxylic acids is 2. The van der Waals surface area contributed by atoms with E-state index in [1.54, 1.807) is 17.0 Å². The fourth-order valence-electron chi connectivity index (χ4n) is 3.34. The molecule has 2 aromatic rings. The third kappa shape index (κ3) is 5.10. The summed E-state index contributed by atoms with van der Waals surface area (Å²) in [6, 6.07) is 12.1. The van der Waals surface area contributed by atoms with Crippen molar-refractivity contribution in [2.24, 2.45) is 0 Å². The number of hydrogen-bond acceptors (Lipinski definition) is 6. The number of nitrogens with zero attached hydrogens (tertiary/aromatic N) is 3. The number of amides is 1. The zero-order valence-electron chi connectivity index (χ0n) is 16.2. The van der Waals surface area contributed by atoms with Crippen LogP contribution in [0.15, 0.2) is 42.5 Å². The quantitative estimate of drug-likeness (QED) is 0.405. The molecule has 1 fully saturated rings. The highest BCUT2D eigenvalue weighted by atomic mass is 16.6. The highest BCUT2D eigenvalue weighted by Gasteiger charge is 2.26. The van der Waals surface area contributed by atoms with Crippen molar-refractivity contribution in [3.8, 4) is 5.75 Å². The van der Waals surface area contributed by atoms with E-state index < -0.39 is 4.92 Å². The number of ether oxygens (including phenoxy) is 1. The molecular weight excluding hydrogens is 374 g/mol. The van der Waals surface area contributed by atoms with Gasteiger partial charge in [0.15, 0.2) is 0 Å². The number of carbonyl (C=O) groups is 2. The number of nitro groups is 1. The maximum atomic E-state index is 12.4. The lowest BCUT2D eigenvalue weighted by Crippen LogP contribution is -2.49. The average Bonchev–Trinajstić information content (AvgIpc) is 2.73. The first-order valence-corrected chi connectivity index (χ1v) is 9.44. The van der Waals surface area contributed by atoms with Gasteiger partial charge in [0.2, 0.25) is 5.91 Å². The van der Waals surface area contributed by atoms with Gasteiger partial charge in [0.25, 0.3) is 5.69 Å². The fourth-order valence-corrected chi connectivity index (χ4v) is 3.34. The van der Waals surface area contributed by atoms with Gasteiger partial charge in [0.05, 0.1) is 18.0 Å². The van der Waals surface area contributed by atoms with Crippen molar-refractivity contribution in [2.45, 2.75) is 13.3 Å². The predicted molar refractivity (Wildman–Crippen MR) is 109 cm³/mol. The van der Waals surface area contributed by atoms with Gasteiger partial charge in [0, 0.05) is 37.8 Å². The number of piperazine rings is 1. The summed E-state index contributed by atoms with van der Waals surface area (Å²) in [4.78, 5) is 37.8. The number of anilines is 1. The van der Waals surface area contributed by atoms with Crippen molar-refractivity contribution in [3.05, 3.63) is 63.7 Å². The molecule has 1 heterocycles. The van der Waals surface area contributed by atoms with E-state index in [0.29, 0.717) is 44.8 Å². The van der Waals surface area contributed by atoms with Crippen molar-refractivity contribution in [1.82, 2.24) is 4.90 Å². The number of nitro benzene ring substituents is 1. The standard InChI is InChI=1S/C21H23N3O5/c1-16-3-2-4-18(13-16)29-12-7-21(26)23-10-8-22(9-11-23)19-6-5-17(15-25)14-20(19)24(27)28/h2-6,13-15H,7-12H2,1H3. The third-order valence-corrected chi connectivity index (χ3v) is 4.88. The van der Waals surface area contributed by atoms with Crippen LogP contribution in [-0.2, 0) is 4.79 Å². The topological polar surface area (TPSA) is 93.0 Å². The number of hydrogen-bond donors (Lipinski definition) is 0. The van der Waals surface area contributed by atoms with E-state index in [9.17, 15) is 19.7 Å². The highest BCUT2D eigenvalue weighted by molar-refractivity contribution is 5.80. The van der Waals surface area contributed by atoms with Crippen LogP contribution in [0.3, 0.4) is 0 Å². The van der Waals surface area contributed by atoms with Crippen molar-refractivity contribution < 1.29 is 19.2 Å². The van der Waals surface area contributed by atoms with E-state index >= 15 is 0 Å². The molecule has 0 unspecified atom stereocenters. The lowest BCUT2D eigenvalue weighted by molar-refractivity contribution is -0.384. The molecule has 152 valence electrons. The van der Waals surface area contributed by atoms with Crippen LogP contribution in [0.1, 0.15) is 22.3 Å². The fraction of sp³-hybridized carbons (Fsp3) is 0.333. The van der Waals surface area contributed by atoms with Crippen LogP contribution in [0.2, 0.25) is 0 Å². The van der Waals surface area contributed by atoms with Gasteiger partial charge in [0.1, 0.15) is 17.7 Å². The Bertz CT molecular complexity index is 907. The molecule has 1 amide bonds. The minimum Gasteiger partial charge on any atom is -0.493 e. The second-order valence-corrected chi connectivity index (χ2v) is 6.91. The summed E-state index contributed by atoms with van der Waals surface area (Å²) in [5.74, 6) is 0.747. The molecule has 0 aliphatic carbocycles. The molecule has 29 heavy (non-hydrogen) atoms. The Kier molecular flexibility index (Phi) is 6.43. The van der Waals surface area contributed by atoms with Crippen LogP contribution in [0, 0.1) is 17.0 Å². The number of aldehydes is 1. The first-order valence-electron chi connectivity index (χ1n) is 9.44. The van der Waals surface area contributed by atoms with Crippen molar-refractivity contribution in [1.29, 1.82) is 0 Å². The Hall–Kier alpha value is -3.42. The van der Waals surface area contributed by atoms with E-state index in [4.69, 9.17) is 4.74 Å². The lowest BCUT2D eigenvalue weighted by atomic mass is 10.1. The predicted octanol–water partition coefficient (Wildman–Crippen LogP) is 2.83. The molecular formula is C21H23N3O5. The summed E-state index contributed by atoms with van der Waals surface area (Å²) >= 11 is 0. The molecule has 8 heteroatoms. The Morgan fingerprint density at radius 2 is 1.93 bits per heavy atom. The van der Waals surface area contributed by atoms with Crippen LogP contribution in [0.5, 0.6) is 5.75 Å². The van der Waals surface area contributed by atoms with Gasteiger partial charge in [-0.15, -0.1) is 0 Å². The molecule has 0 saturated carbocycles. The van der Waals surface area contributed by atoms with Gasteiger partial charge in [-0.25, -0.2) is 0 Å². The van der Waals surface area contributed by atoms with Gasteiger partial charge in [-0.05, 0) is 36.8 Å². The molecule has 1 aliphatic rings. The molecule has 0 atom stereocenters. The first-order chi connectivity index (χ1) is 14.0.